The normalized spacial score (nSPS) is 14.9. The molecule has 0 radical (unpaired) electrons. The number of aromatic amines is 1. The third-order valence-electron chi connectivity index (χ3n) is 5.29. The molecular weight excluding hydrogens is 468 g/mol. The number of rotatable bonds is 6. The molecule has 2 N–H and O–H groups in total. The van der Waals surface area contributed by atoms with Crippen LogP contribution in [0.2, 0.25) is 5.02 Å². The molecule has 1 amide bonds. The lowest BCUT2D eigenvalue weighted by Gasteiger charge is -2.26. The zero-order chi connectivity index (χ0) is 21.1. The molecule has 2 heterocycles. The van der Waals surface area contributed by atoms with Gasteiger partial charge in [-0.15, -0.1) is 0 Å². The first-order valence-electron chi connectivity index (χ1n) is 10.1. The summed E-state index contributed by atoms with van der Waals surface area (Å²) < 4.78 is 6.16. The molecule has 3 aromatic rings. The number of carbonyl (C=O) groups excluding carboxylic acids is 1. The Labute approximate surface area is 189 Å². The monoisotopic (exact) mass is 490 g/mol. The molecule has 0 unspecified atom stereocenters. The van der Waals surface area contributed by atoms with E-state index in [1.807, 2.05) is 37.3 Å². The summed E-state index contributed by atoms with van der Waals surface area (Å²) in [6, 6.07) is 9.40. The number of nitrogens with zero attached hydrogens (tertiary/aromatic N) is 2. The van der Waals surface area contributed by atoms with E-state index in [0.29, 0.717) is 17.1 Å². The molecule has 6 nitrogen and oxygen atoms in total. The highest BCUT2D eigenvalue weighted by Gasteiger charge is 2.14. The molecule has 1 aliphatic rings. The number of imidazole rings is 1. The van der Waals surface area contributed by atoms with E-state index in [1.165, 1.54) is 0 Å². The van der Waals surface area contributed by atoms with E-state index in [9.17, 15) is 4.79 Å². The van der Waals surface area contributed by atoms with Crippen LogP contribution in [0.1, 0.15) is 22.3 Å². The summed E-state index contributed by atoms with van der Waals surface area (Å²) in [5, 5.41) is 3.70. The molecule has 8 heteroatoms. The van der Waals surface area contributed by atoms with Gasteiger partial charge in [-0.1, -0.05) is 27.5 Å². The summed E-state index contributed by atoms with van der Waals surface area (Å²) in [6.45, 7) is 7.12. The Morgan fingerprint density at radius 2 is 2.10 bits per heavy atom. The summed E-state index contributed by atoms with van der Waals surface area (Å²) in [5.41, 5.74) is 4.25. The first-order valence-corrected chi connectivity index (χ1v) is 11.2. The number of morpholine rings is 1. The van der Waals surface area contributed by atoms with Gasteiger partial charge in [-0.2, -0.15) is 0 Å². The number of H-pyrrole nitrogens is 1. The van der Waals surface area contributed by atoms with E-state index in [4.69, 9.17) is 16.3 Å². The predicted octanol–water partition coefficient (Wildman–Crippen LogP) is 4.41. The molecule has 0 spiro atoms. The van der Waals surface area contributed by atoms with Gasteiger partial charge in [0, 0.05) is 40.3 Å². The number of aryl methyl sites for hydroxylation is 1. The minimum absolute atomic E-state index is 0.0729. The Morgan fingerprint density at radius 3 is 2.87 bits per heavy atom. The van der Waals surface area contributed by atoms with E-state index in [1.54, 1.807) is 0 Å². The topological polar surface area (TPSA) is 70.2 Å². The van der Waals surface area contributed by atoms with Gasteiger partial charge in [0.1, 0.15) is 5.82 Å². The van der Waals surface area contributed by atoms with Crippen molar-refractivity contribution in [3.05, 3.63) is 51.0 Å². The zero-order valence-corrected chi connectivity index (χ0v) is 19.1. The van der Waals surface area contributed by atoms with Gasteiger partial charge in [-0.05, 0) is 55.8 Å². The van der Waals surface area contributed by atoms with E-state index < -0.39 is 0 Å². The van der Waals surface area contributed by atoms with Crippen molar-refractivity contribution in [3.8, 4) is 11.4 Å². The Morgan fingerprint density at radius 1 is 1.30 bits per heavy atom. The standard InChI is InChI=1S/C22H24BrClN4O2/c1-14-11-19-20(13-18(14)24)27-21(26-19)16-4-3-15(12-17(16)23)22(29)25-5-2-6-28-7-9-30-10-8-28/h3-4,11-13H,2,5-10H2,1H3,(H,25,29)(H,26,27). The maximum Gasteiger partial charge on any atom is 0.251 e. The molecule has 0 bridgehead atoms. The summed E-state index contributed by atoms with van der Waals surface area (Å²) in [5.74, 6) is 0.659. The average Bonchev–Trinajstić information content (AvgIpc) is 3.14. The van der Waals surface area contributed by atoms with Crippen LogP contribution >= 0.6 is 27.5 Å². The first kappa shape index (κ1) is 21.3. The number of halogens is 2. The van der Waals surface area contributed by atoms with Gasteiger partial charge in [0.05, 0.1) is 24.2 Å². The van der Waals surface area contributed by atoms with Gasteiger partial charge in [-0.25, -0.2) is 4.98 Å². The van der Waals surface area contributed by atoms with Crippen molar-refractivity contribution in [2.75, 3.05) is 39.4 Å². The van der Waals surface area contributed by atoms with Crippen molar-refractivity contribution in [2.45, 2.75) is 13.3 Å². The van der Waals surface area contributed by atoms with E-state index in [-0.39, 0.29) is 5.91 Å². The highest BCUT2D eigenvalue weighted by atomic mass is 79.9. The van der Waals surface area contributed by atoms with E-state index >= 15 is 0 Å². The number of fused-ring (bicyclic) bond motifs is 1. The Hall–Kier alpha value is -1.93. The lowest BCUT2D eigenvalue weighted by molar-refractivity contribution is 0.0374. The van der Waals surface area contributed by atoms with Crippen molar-refractivity contribution in [2.24, 2.45) is 0 Å². The van der Waals surface area contributed by atoms with Crippen molar-refractivity contribution in [1.29, 1.82) is 0 Å². The van der Waals surface area contributed by atoms with Crippen LogP contribution in [0.3, 0.4) is 0 Å². The molecule has 158 valence electrons. The number of hydrogen-bond acceptors (Lipinski definition) is 4. The third kappa shape index (κ3) is 4.86. The largest absolute Gasteiger partial charge is 0.379 e. The number of aromatic nitrogens is 2. The van der Waals surface area contributed by atoms with E-state index in [2.05, 4.69) is 36.1 Å². The second-order valence-electron chi connectivity index (χ2n) is 7.46. The Bertz CT molecular complexity index is 1020. The predicted molar refractivity (Wildman–Crippen MR) is 123 cm³/mol. The van der Waals surface area contributed by atoms with Crippen LogP contribution in [-0.4, -0.2) is 60.2 Å². The second kappa shape index (κ2) is 9.47. The quantitative estimate of drug-likeness (QED) is 0.501. The van der Waals surface area contributed by atoms with Gasteiger partial charge in [0.15, 0.2) is 0 Å². The lowest BCUT2D eigenvalue weighted by Crippen LogP contribution is -2.38. The molecule has 1 saturated heterocycles. The molecule has 0 aliphatic carbocycles. The number of ether oxygens (including phenoxy) is 1. The molecule has 1 fully saturated rings. The van der Waals surface area contributed by atoms with Crippen LogP contribution in [0.5, 0.6) is 0 Å². The summed E-state index contributed by atoms with van der Waals surface area (Å²) >= 11 is 9.80. The fourth-order valence-electron chi connectivity index (χ4n) is 3.55. The Balaban J connectivity index is 1.39. The Kier molecular flexibility index (Phi) is 6.73. The van der Waals surface area contributed by atoms with Crippen LogP contribution in [-0.2, 0) is 4.74 Å². The molecule has 30 heavy (non-hydrogen) atoms. The number of amides is 1. The lowest BCUT2D eigenvalue weighted by atomic mass is 10.1. The van der Waals surface area contributed by atoms with Gasteiger partial charge in [0.2, 0.25) is 0 Å². The minimum Gasteiger partial charge on any atom is -0.379 e. The number of nitrogens with one attached hydrogen (secondary N) is 2. The molecule has 0 atom stereocenters. The summed E-state index contributed by atoms with van der Waals surface area (Å²) in [7, 11) is 0. The molecular formula is C22H24BrClN4O2. The molecule has 1 aromatic heterocycles. The second-order valence-corrected chi connectivity index (χ2v) is 8.72. The number of benzene rings is 2. The van der Waals surface area contributed by atoms with Gasteiger partial charge in [0.25, 0.3) is 5.91 Å². The summed E-state index contributed by atoms with van der Waals surface area (Å²) in [4.78, 5) is 22.8. The number of hydrogen-bond donors (Lipinski definition) is 2. The van der Waals surface area contributed by atoms with Crippen molar-refractivity contribution in [1.82, 2.24) is 20.2 Å². The van der Waals surface area contributed by atoms with Crippen molar-refractivity contribution in [3.63, 3.8) is 0 Å². The molecule has 0 saturated carbocycles. The smallest absolute Gasteiger partial charge is 0.251 e. The van der Waals surface area contributed by atoms with Gasteiger partial charge >= 0.3 is 0 Å². The SMILES string of the molecule is Cc1cc2[nH]c(-c3ccc(C(=O)NCCCN4CCOCC4)cc3Br)nc2cc1Cl. The minimum atomic E-state index is -0.0729. The average molecular weight is 492 g/mol. The van der Waals surface area contributed by atoms with Crippen LogP contribution in [0, 0.1) is 6.92 Å². The molecule has 1 aliphatic heterocycles. The third-order valence-corrected chi connectivity index (χ3v) is 6.35. The number of carbonyl (C=O) groups is 1. The zero-order valence-electron chi connectivity index (χ0n) is 16.8. The maximum absolute atomic E-state index is 12.5. The van der Waals surface area contributed by atoms with Gasteiger partial charge < -0.3 is 15.0 Å². The van der Waals surface area contributed by atoms with Gasteiger partial charge in [-0.3, -0.25) is 9.69 Å². The highest BCUT2D eigenvalue weighted by molar-refractivity contribution is 9.10. The van der Waals surface area contributed by atoms with Crippen molar-refractivity contribution >= 4 is 44.5 Å². The fraction of sp³-hybridized carbons (Fsp3) is 0.364. The highest BCUT2D eigenvalue weighted by Crippen LogP contribution is 2.30. The summed E-state index contributed by atoms with van der Waals surface area (Å²) in [6.07, 6.45) is 0.923. The first-order chi connectivity index (χ1) is 14.5. The fourth-order valence-corrected chi connectivity index (χ4v) is 4.27. The van der Waals surface area contributed by atoms with Crippen LogP contribution in [0.15, 0.2) is 34.8 Å². The van der Waals surface area contributed by atoms with E-state index in [0.717, 1.165) is 71.7 Å². The van der Waals surface area contributed by atoms with Crippen molar-refractivity contribution < 1.29 is 9.53 Å². The van der Waals surface area contributed by atoms with Crippen LogP contribution in [0.25, 0.3) is 22.4 Å². The molecule has 2 aromatic carbocycles. The maximum atomic E-state index is 12.5. The molecule has 4 rings (SSSR count). The van der Waals surface area contributed by atoms with Crippen LogP contribution < -0.4 is 5.32 Å². The van der Waals surface area contributed by atoms with Crippen LogP contribution in [0.4, 0.5) is 0 Å².